The van der Waals surface area contributed by atoms with Crippen molar-refractivity contribution in [1.82, 2.24) is 0 Å². The van der Waals surface area contributed by atoms with Crippen LogP contribution in [0.2, 0.25) is 0 Å². The van der Waals surface area contributed by atoms with Crippen molar-refractivity contribution >= 4 is 28.0 Å². The summed E-state index contributed by atoms with van der Waals surface area (Å²) in [5.41, 5.74) is 1.93. The van der Waals surface area contributed by atoms with Gasteiger partial charge in [0, 0.05) is 15.3 Å². The zero-order valence-electron chi connectivity index (χ0n) is 9.22. The molecule has 0 aliphatic heterocycles. The van der Waals surface area contributed by atoms with Gasteiger partial charge in [-0.15, -0.1) is 11.3 Å². The molecular formula is C12H14ClNS. The van der Waals surface area contributed by atoms with Crippen LogP contribution in [0.4, 0.5) is 0 Å². The Balaban J connectivity index is 3.11. The Morgan fingerprint density at radius 1 is 1.53 bits per heavy atom. The standard InChI is InChI=1S/C12H14ClNS/c1-4-5-10(7-14)12(13)11-6-8(2)9(3)15-11/h6H,4-5H2,1-3H3/b12-10+. The first kappa shape index (κ1) is 12.3. The van der Waals surface area contributed by atoms with Crippen LogP contribution in [0.5, 0.6) is 0 Å². The number of hydrogen-bond acceptors (Lipinski definition) is 2. The lowest BCUT2D eigenvalue weighted by atomic mass is 10.1. The Labute approximate surface area is 100.0 Å². The van der Waals surface area contributed by atoms with Gasteiger partial charge in [0.25, 0.3) is 0 Å². The SMILES string of the molecule is CCC/C(C#N)=C(\Cl)c1cc(C)c(C)s1. The highest BCUT2D eigenvalue weighted by atomic mass is 35.5. The van der Waals surface area contributed by atoms with Crippen molar-refractivity contribution in [1.29, 1.82) is 5.26 Å². The van der Waals surface area contributed by atoms with Crippen molar-refractivity contribution in [3.05, 3.63) is 27.0 Å². The maximum atomic E-state index is 8.98. The minimum absolute atomic E-state index is 0.626. The van der Waals surface area contributed by atoms with Crippen LogP contribution >= 0.6 is 22.9 Å². The van der Waals surface area contributed by atoms with Gasteiger partial charge in [0.2, 0.25) is 0 Å². The lowest BCUT2D eigenvalue weighted by molar-refractivity contribution is 0.933. The Morgan fingerprint density at radius 3 is 2.60 bits per heavy atom. The molecule has 0 aliphatic carbocycles. The van der Waals surface area contributed by atoms with Gasteiger partial charge in [-0.25, -0.2) is 0 Å². The zero-order valence-corrected chi connectivity index (χ0v) is 10.8. The van der Waals surface area contributed by atoms with Gasteiger partial charge in [-0.1, -0.05) is 24.9 Å². The van der Waals surface area contributed by atoms with Crippen LogP contribution < -0.4 is 0 Å². The van der Waals surface area contributed by atoms with E-state index in [4.69, 9.17) is 16.9 Å². The van der Waals surface area contributed by atoms with Crippen LogP contribution in [0.3, 0.4) is 0 Å². The molecule has 0 aromatic carbocycles. The fourth-order valence-electron chi connectivity index (χ4n) is 1.29. The number of hydrogen-bond donors (Lipinski definition) is 0. The summed E-state index contributed by atoms with van der Waals surface area (Å²) in [6, 6.07) is 4.24. The van der Waals surface area contributed by atoms with Crippen molar-refractivity contribution in [3.63, 3.8) is 0 Å². The minimum atomic E-state index is 0.626. The molecule has 0 amide bonds. The molecule has 1 nitrogen and oxygen atoms in total. The molecule has 0 N–H and O–H groups in total. The molecule has 0 bridgehead atoms. The first-order valence-corrected chi connectivity index (χ1v) is 6.15. The lowest BCUT2D eigenvalue weighted by Gasteiger charge is -1.98. The van der Waals surface area contributed by atoms with Crippen molar-refractivity contribution in [2.24, 2.45) is 0 Å². The Morgan fingerprint density at radius 2 is 2.20 bits per heavy atom. The molecule has 80 valence electrons. The van der Waals surface area contributed by atoms with Crippen LogP contribution in [-0.2, 0) is 0 Å². The molecule has 0 fully saturated rings. The zero-order chi connectivity index (χ0) is 11.4. The fraction of sp³-hybridized carbons (Fsp3) is 0.417. The maximum absolute atomic E-state index is 8.98. The maximum Gasteiger partial charge on any atom is 0.0963 e. The summed E-state index contributed by atoms with van der Waals surface area (Å²) < 4.78 is 0. The van der Waals surface area contributed by atoms with Crippen LogP contribution in [-0.4, -0.2) is 0 Å². The predicted octanol–water partition coefficient (Wildman–Crippen LogP) is 4.64. The third-order valence-corrected chi connectivity index (χ3v) is 4.00. The largest absolute Gasteiger partial charge is 0.193 e. The second-order valence-corrected chi connectivity index (χ2v) is 5.14. The molecule has 0 unspecified atom stereocenters. The molecule has 0 aliphatic rings. The second kappa shape index (κ2) is 5.34. The third-order valence-electron chi connectivity index (χ3n) is 2.28. The van der Waals surface area contributed by atoms with E-state index in [1.54, 1.807) is 11.3 Å². The summed E-state index contributed by atoms with van der Waals surface area (Å²) in [5, 5.41) is 9.60. The minimum Gasteiger partial charge on any atom is -0.193 e. The van der Waals surface area contributed by atoms with Gasteiger partial charge in [0.05, 0.1) is 11.1 Å². The molecule has 1 rings (SSSR count). The molecule has 0 radical (unpaired) electrons. The van der Waals surface area contributed by atoms with Gasteiger partial charge in [-0.2, -0.15) is 5.26 Å². The highest BCUT2D eigenvalue weighted by molar-refractivity contribution is 7.14. The average Bonchev–Trinajstić information content (AvgIpc) is 2.55. The van der Waals surface area contributed by atoms with Gasteiger partial charge < -0.3 is 0 Å². The Bertz CT molecular complexity index is 404. The van der Waals surface area contributed by atoms with Crippen molar-refractivity contribution < 1.29 is 0 Å². The molecular weight excluding hydrogens is 226 g/mol. The Hall–Kier alpha value is -0.780. The third kappa shape index (κ3) is 2.84. The number of rotatable bonds is 3. The van der Waals surface area contributed by atoms with Crippen LogP contribution in [0.25, 0.3) is 5.03 Å². The van der Waals surface area contributed by atoms with Gasteiger partial charge >= 0.3 is 0 Å². The van der Waals surface area contributed by atoms with E-state index in [-0.39, 0.29) is 0 Å². The van der Waals surface area contributed by atoms with Crippen LogP contribution in [0, 0.1) is 25.2 Å². The molecule has 1 aromatic rings. The van der Waals surface area contributed by atoms with E-state index in [9.17, 15) is 0 Å². The summed E-state index contributed by atoms with van der Waals surface area (Å²) in [6.45, 7) is 6.18. The summed E-state index contributed by atoms with van der Waals surface area (Å²) in [7, 11) is 0. The number of allylic oxidation sites excluding steroid dienone is 1. The highest BCUT2D eigenvalue weighted by Crippen LogP contribution is 2.32. The van der Waals surface area contributed by atoms with Gasteiger partial charge in [0.15, 0.2) is 0 Å². The highest BCUT2D eigenvalue weighted by Gasteiger charge is 2.09. The lowest BCUT2D eigenvalue weighted by Crippen LogP contribution is -1.82. The van der Waals surface area contributed by atoms with Crippen LogP contribution in [0.15, 0.2) is 11.6 Å². The fourth-order valence-corrected chi connectivity index (χ4v) is 2.60. The average molecular weight is 240 g/mol. The van der Waals surface area contributed by atoms with E-state index >= 15 is 0 Å². The summed E-state index contributed by atoms with van der Waals surface area (Å²) >= 11 is 7.86. The smallest absolute Gasteiger partial charge is 0.0963 e. The van der Waals surface area contributed by atoms with Crippen molar-refractivity contribution in [2.45, 2.75) is 33.6 Å². The van der Waals surface area contributed by atoms with E-state index in [2.05, 4.69) is 26.0 Å². The molecule has 15 heavy (non-hydrogen) atoms. The molecule has 1 heterocycles. The van der Waals surface area contributed by atoms with Gasteiger partial charge in [-0.3, -0.25) is 0 Å². The van der Waals surface area contributed by atoms with Crippen molar-refractivity contribution in [2.75, 3.05) is 0 Å². The molecule has 0 saturated carbocycles. The molecule has 0 spiro atoms. The number of aryl methyl sites for hydroxylation is 2. The van der Waals surface area contributed by atoms with Crippen molar-refractivity contribution in [3.8, 4) is 6.07 Å². The van der Waals surface area contributed by atoms with E-state index in [0.29, 0.717) is 10.6 Å². The van der Waals surface area contributed by atoms with Gasteiger partial charge in [-0.05, 0) is 31.9 Å². The molecule has 0 atom stereocenters. The summed E-state index contributed by atoms with van der Waals surface area (Å²) in [6.07, 6.45) is 1.70. The van der Waals surface area contributed by atoms with Gasteiger partial charge in [0.1, 0.15) is 0 Å². The first-order chi connectivity index (χ1) is 7.10. The topological polar surface area (TPSA) is 23.8 Å². The second-order valence-electron chi connectivity index (χ2n) is 3.50. The number of nitriles is 1. The van der Waals surface area contributed by atoms with E-state index in [1.165, 1.54) is 10.4 Å². The van der Waals surface area contributed by atoms with E-state index < -0.39 is 0 Å². The molecule has 3 heteroatoms. The predicted molar refractivity (Wildman–Crippen MR) is 67.1 cm³/mol. The normalized spacial score (nSPS) is 12.2. The van der Waals surface area contributed by atoms with E-state index in [0.717, 1.165) is 17.7 Å². The molecule has 0 saturated heterocycles. The number of halogens is 1. The number of nitrogens with zero attached hydrogens (tertiary/aromatic N) is 1. The van der Waals surface area contributed by atoms with Crippen LogP contribution in [0.1, 0.15) is 35.1 Å². The quantitative estimate of drug-likeness (QED) is 0.705. The van der Waals surface area contributed by atoms with E-state index in [1.807, 2.05) is 6.92 Å². The Kier molecular flexibility index (Phi) is 4.38. The summed E-state index contributed by atoms with van der Waals surface area (Å²) in [5.74, 6) is 0. The first-order valence-electron chi connectivity index (χ1n) is 4.96. The number of thiophene rings is 1. The molecule has 1 aromatic heterocycles. The monoisotopic (exact) mass is 239 g/mol. The summed E-state index contributed by atoms with van der Waals surface area (Å²) in [4.78, 5) is 2.27.